The van der Waals surface area contributed by atoms with Gasteiger partial charge in [-0.1, -0.05) is 6.92 Å². The van der Waals surface area contributed by atoms with Crippen LogP contribution >= 0.6 is 0 Å². The van der Waals surface area contributed by atoms with E-state index >= 15 is 0 Å². The van der Waals surface area contributed by atoms with Crippen LogP contribution in [0.1, 0.15) is 44.2 Å². The molecule has 1 fully saturated rings. The summed E-state index contributed by atoms with van der Waals surface area (Å²) in [5.74, 6) is -1.06. The molecule has 1 aromatic carbocycles. The molecule has 1 aliphatic rings. The fraction of sp³-hybridized carbons (Fsp3) is 0.533. The summed E-state index contributed by atoms with van der Waals surface area (Å²) in [6.07, 6.45) is 2.49. The van der Waals surface area contributed by atoms with Crippen molar-refractivity contribution >= 4 is 5.91 Å². The Bertz CT molecular complexity index is 493. The number of rotatable bonds is 3. The lowest BCUT2D eigenvalue weighted by atomic mass is 9.95. The second-order valence-electron chi connectivity index (χ2n) is 5.25. The third-order valence-electron chi connectivity index (χ3n) is 3.73. The summed E-state index contributed by atoms with van der Waals surface area (Å²) >= 11 is 0. The minimum atomic E-state index is -0.583. The van der Waals surface area contributed by atoms with Crippen molar-refractivity contribution in [3.8, 4) is 0 Å². The second kappa shape index (κ2) is 6.31. The molecule has 2 unspecified atom stereocenters. The lowest BCUT2D eigenvalue weighted by Gasteiger charge is -2.34. The highest BCUT2D eigenvalue weighted by atomic mass is 19.1. The van der Waals surface area contributed by atoms with Crippen molar-refractivity contribution in [1.29, 1.82) is 0 Å². The van der Waals surface area contributed by atoms with Crippen molar-refractivity contribution in [1.82, 2.24) is 4.90 Å². The number of carbonyl (C=O) groups excluding carboxylic acids is 1. The molecule has 20 heavy (non-hydrogen) atoms. The zero-order chi connectivity index (χ0) is 14.7. The molecule has 2 N–H and O–H groups in total. The molecular weight excluding hydrogens is 262 g/mol. The first-order valence-corrected chi connectivity index (χ1v) is 7.04. The molecule has 1 amide bonds. The van der Waals surface area contributed by atoms with Crippen LogP contribution in [-0.2, 0) is 4.79 Å². The molecular formula is C15H20F2N2O. The van der Waals surface area contributed by atoms with Gasteiger partial charge in [-0.25, -0.2) is 8.78 Å². The van der Waals surface area contributed by atoms with E-state index in [9.17, 15) is 13.6 Å². The number of halogens is 2. The Morgan fingerprint density at radius 3 is 2.85 bits per heavy atom. The first kappa shape index (κ1) is 14.9. The molecule has 1 saturated heterocycles. The summed E-state index contributed by atoms with van der Waals surface area (Å²) in [5, 5.41) is 0. The van der Waals surface area contributed by atoms with E-state index in [1.165, 1.54) is 0 Å². The van der Waals surface area contributed by atoms with Crippen molar-refractivity contribution in [3.05, 3.63) is 35.4 Å². The van der Waals surface area contributed by atoms with Gasteiger partial charge in [-0.15, -0.1) is 0 Å². The van der Waals surface area contributed by atoms with Crippen LogP contribution in [0.25, 0.3) is 0 Å². The molecule has 0 saturated carbocycles. The van der Waals surface area contributed by atoms with E-state index in [4.69, 9.17) is 5.73 Å². The minimum absolute atomic E-state index is 0.0338. The highest BCUT2D eigenvalue weighted by Gasteiger charge is 2.34. The van der Waals surface area contributed by atoms with Crippen LogP contribution in [0.4, 0.5) is 8.78 Å². The Morgan fingerprint density at radius 2 is 2.15 bits per heavy atom. The third-order valence-corrected chi connectivity index (χ3v) is 3.73. The Balaban J connectivity index is 2.45. The number of carbonyl (C=O) groups is 1. The normalized spacial score (nSPS) is 23.8. The highest BCUT2D eigenvalue weighted by Crippen LogP contribution is 2.32. The molecule has 2 atom stereocenters. The van der Waals surface area contributed by atoms with Gasteiger partial charge in [0.2, 0.25) is 5.91 Å². The molecule has 0 bridgehead atoms. The Hall–Kier alpha value is -1.49. The summed E-state index contributed by atoms with van der Waals surface area (Å²) in [7, 11) is 0. The number of hydrogen-bond acceptors (Lipinski definition) is 2. The van der Waals surface area contributed by atoms with Crippen molar-refractivity contribution in [3.63, 3.8) is 0 Å². The van der Waals surface area contributed by atoms with Crippen LogP contribution < -0.4 is 5.73 Å². The van der Waals surface area contributed by atoms with E-state index in [0.29, 0.717) is 25.8 Å². The Kier molecular flexibility index (Phi) is 4.70. The largest absolute Gasteiger partial charge is 0.334 e. The van der Waals surface area contributed by atoms with E-state index < -0.39 is 17.7 Å². The van der Waals surface area contributed by atoms with Gasteiger partial charge in [0.15, 0.2) is 0 Å². The number of benzene rings is 1. The van der Waals surface area contributed by atoms with E-state index in [1.807, 2.05) is 6.92 Å². The molecule has 0 spiro atoms. The number of likely N-dealkylation sites (tertiary alicyclic amines) is 1. The van der Waals surface area contributed by atoms with Crippen molar-refractivity contribution in [2.75, 3.05) is 6.54 Å². The molecule has 110 valence electrons. The van der Waals surface area contributed by atoms with Crippen molar-refractivity contribution in [2.45, 2.75) is 44.7 Å². The smallest absolute Gasteiger partial charge is 0.223 e. The van der Waals surface area contributed by atoms with Crippen LogP contribution in [0, 0.1) is 11.6 Å². The number of nitrogens with two attached hydrogens (primary N) is 1. The summed E-state index contributed by atoms with van der Waals surface area (Å²) in [6, 6.07) is 2.37. The topological polar surface area (TPSA) is 46.3 Å². The van der Waals surface area contributed by atoms with Crippen LogP contribution in [0.3, 0.4) is 0 Å². The van der Waals surface area contributed by atoms with Gasteiger partial charge in [-0.05, 0) is 37.5 Å². The van der Waals surface area contributed by atoms with Gasteiger partial charge in [0.1, 0.15) is 11.6 Å². The van der Waals surface area contributed by atoms with Gasteiger partial charge >= 0.3 is 0 Å². The fourth-order valence-electron chi connectivity index (χ4n) is 2.82. The third kappa shape index (κ3) is 2.98. The molecule has 3 nitrogen and oxygen atoms in total. The number of nitrogens with zero attached hydrogens (tertiary/aromatic N) is 1. The fourth-order valence-corrected chi connectivity index (χ4v) is 2.82. The molecule has 0 aliphatic carbocycles. The van der Waals surface area contributed by atoms with Gasteiger partial charge in [-0.3, -0.25) is 4.79 Å². The van der Waals surface area contributed by atoms with Crippen LogP contribution in [0.2, 0.25) is 0 Å². The van der Waals surface area contributed by atoms with E-state index in [0.717, 1.165) is 24.6 Å². The predicted octanol–water partition coefficient (Wildman–Crippen LogP) is 2.76. The average molecular weight is 282 g/mol. The maximum Gasteiger partial charge on any atom is 0.223 e. The van der Waals surface area contributed by atoms with Crippen molar-refractivity contribution < 1.29 is 13.6 Å². The number of hydrogen-bond donors (Lipinski definition) is 1. The molecule has 1 heterocycles. The quantitative estimate of drug-likeness (QED) is 0.926. The maximum atomic E-state index is 14.0. The molecule has 0 radical (unpaired) electrons. The van der Waals surface area contributed by atoms with Gasteiger partial charge in [0.05, 0.1) is 6.04 Å². The van der Waals surface area contributed by atoms with Crippen molar-refractivity contribution in [2.24, 2.45) is 5.73 Å². The molecule has 1 aromatic rings. The predicted molar refractivity (Wildman–Crippen MR) is 72.9 cm³/mol. The van der Waals surface area contributed by atoms with E-state index in [-0.39, 0.29) is 17.5 Å². The zero-order valence-corrected chi connectivity index (χ0v) is 11.6. The first-order valence-electron chi connectivity index (χ1n) is 7.04. The molecule has 5 heteroatoms. The summed E-state index contributed by atoms with van der Waals surface area (Å²) < 4.78 is 27.5. The van der Waals surface area contributed by atoms with E-state index in [2.05, 4.69) is 0 Å². The summed E-state index contributed by atoms with van der Waals surface area (Å²) in [4.78, 5) is 13.8. The van der Waals surface area contributed by atoms with Gasteiger partial charge in [0, 0.05) is 24.6 Å². The van der Waals surface area contributed by atoms with Crippen LogP contribution in [-0.4, -0.2) is 23.4 Å². The van der Waals surface area contributed by atoms with E-state index in [1.54, 1.807) is 4.90 Å². The standard InChI is InChI=1S/C15H20F2N2O/c1-2-8-19-14(20)5-3-4-13(18)15(19)11-9-10(16)6-7-12(11)17/h6-7,9,13,15H,2-5,8,18H2,1H3. The molecule has 0 aromatic heterocycles. The lowest BCUT2D eigenvalue weighted by Crippen LogP contribution is -2.43. The highest BCUT2D eigenvalue weighted by molar-refractivity contribution is 5.77. The SMILES string of the molecule is CCCN1C(=O)CCCC(N)C1c1cc(F)ccc1F. The minimum Gasteiger partial charge on any atom is -0.334 e. The van der Waals surface area contributed by atoms with Gasteiger partial charge < -0.3 is 10.6 Å². The summed E-state index contributed by atoms with van der Waals surface area (Å²) in [5.41, 5.74) is 6.31. The second-order valence-corrected chi connectivity index (χ2v) is 5.25. The van der Waals surface area contributed by atoms with Gasteiger partial charge in [-0.2, -0.15) is 0 Å². The first-order chi connectivity index (χ1) is 9.54. The zero-order valence-electron chi connectivity index (χ0n) is 11.6. The van der Waals surface area contributed by atoms with Crippen LogP contribution in [0.5, 0.6) is 0 Å². The lowest BCUT2D eigenvalue weighted by molar-refractivity contribution is -0.133. The maximum absolute atomic E-state index is 14.0. The molecule has 1 aliphatic heterocycles. The number of amides is 1. The van der Waals surface area contributed by atoms with Crippen LogP contribution in [0.15, 0.2) is 18.2 Å². The molecule has 2 rings (SSSR count). The summed E-state index contributed by atoms with van der Waals surface area (Å²) in [6.45, 7) is 2.45. The Labute approximate surface area is 117 Å². The average Bonchev–Trinajstić information content (AvgIpc) is 2.54. The monoisotopic (exact) mass is 282 g/mol. The Morgan fingerprint density at radius 1 is 1.40 bits per heavy atom. The van der Waals surface area contributed by atoms with Gasteiger partial charge in [0.25, 0.3) is 0 Å².